The van der Waals surface area contributed by atoms with E-state index in [1.807, 2.05) is 73.3 Å². The van der Waals surface area contributed by atoms with Gasteiger partial charge in [-0.1, -0.05) is 24.3 Å². The second-order valence-corrected chi connectivity index (χ2v) is 7.44. The molecule has 6 heteroatoms. The highest BCUT2D eigenvalue weighted by Crippen LogP contribution is 2.21. The fourth-order valence-electron chi connectivity index (χ4n) is 3.27. The van der Waals surface area contributed by atoms with E-state index in [-0.39, 0.29) is 11.9 Å². The van der Waals surface area contributed by atoms with Crippen molar-refractivity contribution < 1.29 is 9.59 Å². The zero-order valence-corrected chi connectivity index (χ0v) is 16.8. The molecule has 1 heterocycles. The fourth-order valence-corrected chi connectivity index (χ4v) is 3.27. The Hall–Kier alpha value is -3.02. The van der Waals surface area contributed by atoms with Gasteiger partial charge in [-0.2, -0.15) is 0 Å². The number of aryl methyl sites for hydroxylation is 1. The summed E-state index contributed by atoms with van der Waals surface area (Å²) in [5, 5.41) is 5.79. The number of anilines is 2. The van der Waals surface area contributed by atoms with E-state index in [4.69, 9.17) is 0 Å². The summed E-state index contributed by atoms with van der Waals surface area (Å²) in [5.74, 6) is 0.233. The number of nitrogens with zero attached hydrogens (tertiary/aromatic N) is 2. The molecular weight excluding hydrogens is 352 g/mol. The maximum atomic E-state index is 12.2. The highest BCUT2D eigenvalue weighted by Gasteiger charge is 2.19. The number of carbonyl (C=O) groups is 2. The number of likely N-dealkylation sites (tertiary alicyclic amines) is 1. The largest absolute Gasteiger partial charge is 0.378 e. The van der Waals surface area contributed by atoms with Crippen molar-refractivity contribution in [3.63, 3.8) is 0 Å². The van der Waals surface area contributed by atoms with E-state index >= 15 is 0 Å². The normalized spacial score (nSPS) is 13.5. The minimum Gasteiger partial charge on any atom is -0.378 e. The lowest BCUT2D eigenvalue weighted by Crippen LogP contribution is -2.28. The van der Waals surface area contributed by atoms with Crippen molar-refractivity contribution in [1.29, 1.82) is 0 Å². The molecule has 0 bridgehead atoms. The maximum absolute atomic E-state index is 12.2. The van der Waals surface area contributed by atoms with Gasteiger partial charge < -0.3 is 20.4 Å². The zero-order chi connectivity index (χ0) is 20.1. The number of benzene rings is 2. The minimum absolute atomic E-state index is 0.229. The van der Waals surface area contributed by atoms with E-state index in [0.717, 1.165) is 41.0 Å². The summed E-state index contributed by atoms with van der Waals surface area (Å²) in [5.41, 5.74) is 5.04. The summed E-state index contributed by atoms with van der Waals surface area (Å²) in [4.78, 5) is 27.9. The molecule has 1 saturated heterocycles. The van der Waals surface area contributed by atoms with Gasteiger partial charge in [-0.15, -0.1) is 0 Å². The number of amides is 3. The van der Waals surface area contributed by atoms with Crippen LogP contribution in [-0.2, 0) is 17.9 Å². The quantitative estimate of drug-likeness (QED) is 0.806. The van der Waals surface area contributed by atoms with Crippen LogP contribution >= 0.6 is 0 Å². The molecule has 2 aromatic rings. The lowest BCUT2D eigenvalue weighted by molar-refractivity contribution is -0.128. The Bertz CT molecular complexity index is 846. The molecule has 1 aliphatic rings. The number of hydrogen-bond donors (Lipinski definition) is 2. The molecular formula is C22H28N4O2. The Morgan fingerprint density at radius 3 is 2.43 bits per heavy atom. The summed E-state index contributed by atoms with van der Waals surface area (Å²) in [6.45, 7) is 3.93. The average molecular weight is 380 g/mol. The molecule has 0 aromatic heterocycles. The van der Waals surface area contributed by atoms with Gasteiger partial charge in [0.15, 0.2) is 0 Å². The van der Waals surface area contributed by atoms with Crippen molar-refractivity contribution in [3.8, 4) is 0 Å². The van der Waals surface area contributed by atoms with E-state index in [1.54, 1.807) is 0 Å². The van der Waals surface area contributed by atoms with Crippen LogP contribution in [0.1, 0.15) is 29.5 Å². The number of urea groups is 1. The molecule has 2 N–H and O–H groups in total. The monoisotopic (exact) mass is 380 g/mol. The Kier molecular flexibility index (Phi) is 6.19. The van der Waals surface area contributed by atoms with Crippen LogP contribution in [-0.4, -0.2) is 37.5 Å². The molecule has 148 valence electrons. The maximum Gasteiger partial charge on any atom is 0.319 e. The predicted octanol–water partition coefficient (Wildman–Crippen LogP) is 3.51. The molecule has 2 aromatic carbocycles. The van der Waals surface area contributed by atoms with E-state index in [0.29, 0.717) is 19.5 Å². The van der Waals surface area contributed by atoms with E-state index in [2.05, 4.69) is 10.6 Å². The standard InChI is InChI=1S/C22H28N4O2/c1-16-13-19(25(2)3)10-11-20(16)24-22(28)23-14-17-6-8-18(9-7-17)15-26-12-4-5-21(26)27/h6-11,13H,4-5,12,14-15H2,1-3H3,(H2,23,24,28). The van der Waals surface area contributed by atoms with Crippen molar-refractivity contribution in [2.24, 2.45) is 0 Å². The lowest BCUT2D eigenvalue weighted by Gasteiger charge is -2.16. The first-order chi connectivity index (χ1) is 13.4. The van der Waals surface area contributed by atoms with Gasteiger partial charge in [0.05, 0.1) is 0 Å². The van der Waals surface area contributed by atoms with Gasteiger partial charge in [-0.05, 0) is 48.2 Å². The summed E-state index contributed by atoms with van der Waals surface area (Å²) >= 11 is 0. The Morgan fingerprint density at radius 1 is 1.11 bits per heavy atom. The molecule has 0 unspecified atom stereocenters. The molecule has 0 saturated carbocycles. The van der Waals surface area contributed by atoms with Gasteiger partial charge in [0.1, 0.15) is 0 Å². The molecule has 0 spiro atoms. The predicted molar refractivity (Wildman–Crippen MR) is 112 cm³/mol. The van der Waals surface area contributed by atoms with Crippen LogP contribution < -0.4 is 15.5 Å². The van der Waals surface area contributed by atoms with Crippen LogP contribution in [0, 0.1) is 6.92 Å². The highest BCUT2D eigenvalue weighted by atomic mass is 16.2. The van der Waals surface area contributed by atoms with Gasteiger partial charge in [0.25, 0.3) is 0 Å². The van der Waals surface area contributed by atoms with Crippen LogP contribution in [0.3, 0.4) is 0 Å². The Labute approximate surface area is 166 Å². The van der Waals surface area contributed by atoms with E-state index < -0.39 is 0 Å². The third-order valence-corrected chi connectivity index (χ3v) is 5.00. The summed E-state index contributed by atoms with van der Waals surface area (Å²) in [6, 6.07) is 13.7. The SMILES string of the molecule is Cc1cc(N(C)C)ccc1NC(=O)NCc1ccc(CN2CCCC2=O)cc1. The molecule has 1 fully saturated rings. The summed E-state index contributed by atoms with van der Waals surface area (Å²) < 4.78 is 0. The second kappa shape index (κ2) is 8.78. The van der Waals surface area contributed by atoms with Crippen LogP contribution in [0.25, 0.3) is 0 Å². The van der Waals surface area contributed by atoms with Crippen molar-refractivity contribution in [2.45, 2.75) is 32.9 Å². The van der Waals surface area contributed by atoms with Crippen LogP contribution in [0.15, 0.2) is 42.5 Å². The van der Waals surface area contributed by atoms with Gasteiger partial charge >= 0.3 is 6.03 Å². The first kappa shape index (κ1) is 19.7. The Balaban J connectivity index is 1.50. The molecule has 0 atom stereocenters. The smallest absolute Gasteiger partial charge is 0.319 e. The van der Waals surface area contributed by atoms with Gasteiger partial charge in [-0.3, -0.25) is 4.79 Å². The van der Waals surface area contributed by atoms with Crippen molar-refractivity contribution >= 4 is 23.3 Å². The van der Waals surface area contributed by atoms with Gasteiger partial charge in [0, 0.05) is 51.5 Å². The van der Waals surface area contributed by atoms with Crippen molar-refractivity contribution in [1.82, 2.24) is 10.2 Å². The molecule has 0 aliphatic carbocycles. The van der Waals surface area contributed by atoms with Gasteiger partial charge in [0.2, 0.25) is 5.91 Å². The number of hydrogen-bond acceptors (Lipinski definition) is 3. The second-order valence-electron chi connectivity index (χ2n) is 7.44. The molecule has 3 amide bonds. The highest BCUT2D eigenvalue weighted by molar-refractivity contribution is 5.90. The molecule has 6 nitrogen and oxygen atoms in total. The summed E-state index contributed by atoms with van der Waals surface area (Å²) in [7, 11) is 3.98. The third-order valence-electron chi connectivity index (χ3n) is 5.00. The molecule has 1 aliphatic heterocycles. The number of carbonyl (C=O) groups excluding carboxylic acids is 2. The van der Waals surface area contributed by atoms with Crippen molar-refractivity contribution in [3.05, 3.63) is 59.2 Å². The van der Waals surface area contributed by atoms with Gasteiger partial charge in [-0.25, -0.2) is 4.79 Å². The van der Waals surface area contributed by atoms with E-state index in [9.17, 15) is 9.59 Å². The summed E-state index contributed by atoms with van der Waals surface area (Å²) in [6.07, 6.45) is 1.61. The zero-order valence-electron chi connectivity index (χ0n) is 16.8. The van der Waals surface area contributed by atoms with E-state index in [1.165, 1.54) is 0 Å². The van der Waals surface area contributed by atoms with Crippen LogP contribution in [0.5, 0.6) is 0 Å². The third kappa shape index (κ3) is 5.03. The van der Waals surface area contributed by atoms with Crippen molar-refractivity contribution in [2.75, 3.05) is 30.9 Å². The number of nitrogens with one attached hydrogen (secondary N) is 2. The average Bonchev–Trinajstić information content (AvgIpc) is 3.07. The lowest BCUT2D eigenvalue weighted by atomic mass is 10.1. The molecule has 0 radical (unpaired) electrons. The molecule has 28 heavy (non-hydrogen) atoms. The van der Waals surface area contributed by atoms with Crippen LogP contribution in [0.2, 0.25) is 0 Å². The first-order valence-corrected chi connectivity index (χ1v) is 9.61. The first-order valence-electron chi connectivity index (χ1n) is 9.61. The number of rotatable bonds is 6. The Morgan fingerprint density at radius 2 is 1.82 bits per heavy atom. The minimum atomic E-state index is -0.229. The molecule has 3 rings (SSSR count). The fraction of sp³-hybridized carbons (Fsp3) is 0.364. The van der Waals surface area contributed by atoms with Crippen LogP contribution in [0.4, 0.5) is 16.2 Å². The topological polar surface area (TPSA) is 64.7 Å².